The maximum atomic E-state index is 11.7. The number of nitrogens with zero attached hydrogens (tertiary/aromatic N) is 1. The summed E-state index contributed by atoms with van der Waals surface area (Å²) in [5.74, 6) is 0.213. The van der Waals surface area contributed by atoms with E-state index in [1.807, 2.05) is 0 Å². The molecule has 0 unspecified atom stereocenters. The average molecular weight is 369 g/mol. The Morgan fingerprint density at radius 1 is 1.12 bits per heavy atom. The molecule has 0 saturated heterocycles. The van der Waals surface area contributed by atoms with E-state index in [-0.39, 0.29) is 29.3 Å². The van der Waals surface area contributed by atoms with Gasteiger partial charge in [-0.25, -0.2) is 8.42 Å². The van der Waals surface area contributed by atoms with Gasteiger partial charge in [-0.2, -0.15) is 0 Å². The van der Waals surface area contributed by atoms with E-state index in [4.69, 9.17) is 4.74 Å². The van der Waals surface area contributed by atoms with Crippen molar-refractivity contribution in [2.24, 2.45) is 0 Å². The third-order valence-electron chi connectivity index (χ3n) is 4.37. The smallest absolute Gasteiger partial charge is 0.296 e. The van der Waals surface area contributed by atoms with Crippen LogP contribution in [-0.4, -0.2) is 31.7 Å². The van der Waals surface area contributed by atoms with Crippen LogP contribution in [0.25, 0.3) is 0 Å². The van der Waals surface area contributed by atoms with Crippen LogP contribution < -0.4 is 14.8 Å². The molecule has 0 aromatic heterocycles. The predicted molar refractivity (Wildman–Crippen MR) is 95.7 cm³/mol. The quantitative estimate of drug-likeness (QED) is 0.564. The zero-order chi connectivity index (χ0) is 18.0. The molecule has 2 aliphatic rings. The molecule has 0 bridgehead atoms. The molecule has 2 N–H and O–H groups in total. The van der Waals surface area contributed by atoms with Crippen molar-refractivity contribution in [3.05, 3.63) is 22.2 Å². The van der Waals surface area contributed by atoms with Crippen LogP contribution in [0.2, 0.25) is 0 Å². The molecule has 8 nitrogen and oxygen atoms in total. The normalized spacial score (nSPS) is 18.6. The molecule has 2 aliphatic carbocycles. The average Bonchev–Trinajstić information content (AvgIpc) is 3.33. The summed E-state index contributed by atoms with van der Waals surface area (Å²) in [5, 5.41) is 14.5. The summed E-state index contributed by atoms with van der Waals surface area (Å²) in [6.07, 6.45) is 7.88. The molecule has 0 atom stereocenters. The molecule has 9 heteroatoms. The van der Waals surface area contributed by atoms with Crippen molar-refractivity contribution in [1.82, 2.24) is 0 Å². The van der Waals surface area contributed by atoms with Crippen LogP contribution in [0.5, 0.6) is 5.75 Å². The highest BCUT2D eigenvalue weighted by Gasteiger charge is 2.28. The molecule has 0 aliphatic heterocycles. The Morgan fingerprint density at radius 3 is 2.36 bits per heavy atom. The van der Waals surface area contributed by atoms with Crippen molar-refractivity contribution >= 4 is 27.1 Å². The third kappa shape index (κ3) is 4.97. The topological polar surface area (TPSA) is 111 Å². The second-order valence-electron chi connectivity index (χ2n) is 6.79. The lowest BCUT2D eigenvalue weighted by Gasteiger charge is -2.24. The van der Waals surface area contributed by atoms with Gasteiger partial charge < -0.3 is 10.1 Å². The van der Waals surface area contributed by atoms with E-state index in [0.29, 0.717) is 5.69 Å². The van der Waals surface area contributed by atoms with Gasteiger partial charge in [0.25, 0.3) is 5.69 Å². The Morgan fingerprint density at radius 2 is 1.80 bits per heavy atom. The first-order chi connectivity index (χ1) is 11.8. The van der Waals surface area contributed by atoms with Gasteiger partial charge in [0.2, 0.25) is 10.0 Å². The first kappa shape index (κ1) is 17.8. The molecule has 0 radical (unpaired) electrons. The van der Waals surface area contributed by atoms with Crippen LogP contribution >= 0.6 is 0 Å². The number of anilines is 2. The highest BCUT2D eigenvalue weighted by Crippen LogP contribution is 2.40. The molecule has 0 heterocycles. The van der Waals surface area contributed by atoms with E-state index in [1.165, 1.54) is 12.1 Å². The monoisotopic (exact) mass is 369 g/mol. The molecule has 1 aromatic carbocycles. The summed E-state index contributed by atoms with van der Waals surface area (Å²) in [6.45, 7) is 0. The van der Waals surface area contributed by atoms with Gasteiger partial charge in [0.1, 0.15) is 5.69 Å². The summed E-state index contributed by atoms with van der Waals surface area (Å²) < 4.78 is 31.7. The zero-order valence-electron chi connectivity index (χ0n) is 14.2. The second-order valence-corrected chi connectivity index (χ2v) is 8.54. The molecular formula is C16H23N3O5S. The molecule has 2 fully saturated rings. The maximum Gasteiger partial charge on any atom is 0.296 e. The molecule has 2 saturated carbocycles. The lowest BCUT2D eigenvalue weighted by molar-refractivity contribution is -0.384. The van der Waals surface area contributed by atoms with Crippen molar-refractivity contribution in [1.29, 1.82) is 0 Å². The summed E-state index contributed by atoms with van der Waals surface area (Å²) >= 11 is 0. The van der Waals surface area contributed by atoms with Crippen molar-refractivity contribution in [2.75, 3.05) is 16.3 Å². The minimum absolute atomic E-state index is 0.0456. The molecule has 0 spiro atoms. The molecule has 3 rings (SSSR count). The Balaban J connectivity index is 1.96. The number of nitrogens with one attached hydrogen (secondary N) is 2. The van der Waals surface area contributed by atoms with E-state index in [2.05, 4.69) is 10.0 Å². The number of hydrogen-bond donors (Lipinski definition) is 2. The van der Waals surface area contributed by atoms with Gasteiger partial charge in [-0.3, -0.25) is 14.8 Å². The molecule has 138 valence electrons. The molecular weight excluding hydrogens is 346 g/mol. The molecule has 25 heavy (non-hydrogen) atoms. The first-order valence-corrected chi connectivity index (χ1v) is 10.4. The van der Waals surface area contributed by atoms with Crippen molar-refractivity contribution < 1.29 is 18.1 Å². The van der Waals surface area contributed by atoms with E-state index >= 15 is 0 Å². The molecule has 1 aromatic rings. The number of ether oxygens (including phenoxy) is 1. The first-order valence-electron chi connectivity index (χ1n) is 8.55. The predicted octanol–water partition coefficient (Wildman–Crippen LogP) is 3.25. The summed E-state index contributed by atoms with van der Waals surface area (Å²) in [6, 6.07) is 3.00. The van der Waals surface area contributed by atoms with Gasteiger partial charge in [0.05, 0.1) is 29.0 Å². The van der Waals surface area contributed by atoms with Crippen LogP contribution in [0.4, 0.5) is 17.1 Å². The van der Waals surface area contributed by atoms with Gasteiger partial charge in [0, 0.05) is 6.04 Å². The minimum atomic E-state index is -3.53. The zero-order valence-corrected chi connectivity index (χ0v) is 15.0. The van der Waals surface area contributed by atoms with E-state index in [0.717, 1.165) is 51.2 Å². The number of benzene rings is 1. The fraction of sp³-hybridized carbons (Fsp3) is 0.625. The van der Waals surface area contributed by atoms with Crippen molar-refractivity contribution in [3.8, 4) is 5.75 Å². The van der Waals surface area contributed by atoms with Gasteiger partial charge in [-0.1, -0.05) is 6.42 Å². The van der Waals surface area contributed by atoms with E-state index in [1.54, 1.807) is 0 Å². The summed E-state index contributed by atoms with van der Waals surface area (Å²) in [4.78, 5) is 11.0. The van der Waals surface area contributed by atoms with Gasteiger partial charge >= 0.3 is 0 Å². The van der Waals surface area contributed by atoms with Gasteiger partial charge in [-0.05, 0) is 44.6 Å². The van der Waals surface area contributed by atoms with Crippen molar-refractivity contribution in [2.45, 2.75) is 57.1 Å². The Bertz CT molecular complexity index is 755. The maximum absolute atomic E-state index is 11.7. The fourth-order valence-corrected chi connectivity index (χ4v) is 3.58. The minimum Gasteiger partial charge on any atom is -0.488 e. The van der Waals surface area contributed by atoms with Crippen LogP contribution in [0.1, 0.15) is 44.9 Å². The largest absolute Gasteiger partial charge is 0.488 e. The highest BCUT2D eigenvalue weighted by atomic mass is 32.2. The van der Waals surface area contributed by atoms with Gasteiger partial charge in [0.15, 0.2) is 5.75 Å². The van der Waals surface area contributed by atoms with Gasteiger partial charge in [-0.15, -0.1) is 0 Å². The van der Waals surface area contributed by atoms with Crippen LogP contribution in [-0.2, 0) is 10.0 Å². The number of rotatable bonds is 7. The fourth-order valence-electron chi connectivity index (χ4n) is 3.02. The van der Waals surface area contributed by atoms with Crippen LogP contribution in [0.15, 0.2) is 12.1 Å². The molecule has 0 amide bonds. The number of nitro groups is 1. The summed E-state index contributed by atoms with van der Waals surface area (Å²) in [5.41, 5.74) is 0.452. The second kappa shape index (κ2) is 7.07. The lowest BCUT2D eigenvalue weighted by atomic mass is 9.98. The summed E-state index contributed by atoms with van der Waals surface area (Å²) in [7, 11) is -3.53. The van der Waals surface area contributed by atoms with Crippen LogP contribution in [0.3, 0.4) is 0 Å². The SMILES string of the molecule is CS(=O)(=O)Nc1cc(NC2CC2)c([N+](=O)[O-])cc1OC1CCCCC1. The standard InChI is InChI=1S/C16H23N3O5S/c1-25(22,23)18-14-9-13(17-11-7-8-11)15(19(20)21)10-16(14)24-12-5-3-2-4-6-12/h9-12,17-18H,2-8H2,1H3. The van der Waals surface area contributed by atoms with Crippen molar-refractivity contribution in [3.63, 3.8) is 0 Å². The Kier molecular flexibility index (Phi) is 5.03. The number of hydrogen-bond acceptors (Lipinski definition) is 6. The van der Waals surface area contributed by atoms with Crippen LogP contribution in [0, 0.1) is 10.1 Å². The highest BCUT2D eigenvalue weighted by molar-refractivity contribution is 7.92. The number of sulfonamides is 1. The van der Waals surface area contributed by atoms with E-state index < -0.39 is 14.9 Å². The Labute approximate surface area is 147 Å². The Hall–Kier alpha value is -2.03. The third-order valence-corrected chi connectivity index (χ3v) is 4.96. The lowest BCUT2D eigenvalue weighted by Crippen LogP contribution is -2.21. The number of nitro benzene ring substituents is 1. The van der Waals surface area contributed by atoms with E-state index in [9.17, 15) is 18.5 Å².